The second kappa shape index (κ2) is 9.33. The average Bonchev–Trinajstić information content (AvgIpc) is 2.85. The van der Waals surface area contributed by atoms with Crippen LogP contribution in [-0.4, -0.2) is 21.1 Å². The van der Waals surface area contributed by atoms with Crippen LogP contribution in [0.4, 0.5) is 11.6 Å². The van der Waals surface area contributed by atoms with Gasteiger partial charge in [0.05, 0.1) is 13.3 Å². The van der Waals surface area contributed by atoms with Gasteiger partial charge in [0, 0.05) is 28.5 Å². The molecule has 34 heavy (non-hydrogen) atoms. The highest BCUT2D eigenvalue weighted by Gasteiger charge is 2.27. The van der Waals surface area contributed by atoms with Gasteiger partial charge in [-0.15, -0.1) is 0 Å². The van der Waals surface area contributed by atoms with Crippen molar-refractivity contribution in [3.63, 3.8) is 0 Å². The molecule has 2 heterocycles. The van der Waals surface area contributed by atoms with Crippen LogP contribution in [0, 0.1) is 13.8 Å². The summed E-state index contributed by atoms with van der Waals surface area (Å²) in [5, 5.41) is 0.716. The van der Waals surface area contributed by atoms with Crippen molar-refractivity contribution in [3.8, 4) is 11.5 Å². The number of aromatic nitrogens is 2. The summed E-state index contributed by atoms with van der Waals surface area (Å²) >= 11 is 6.42. The second-order valence-corrected chi connectivity index (χ2v) is 8.80. The summed E-state index contributed by atoms with van der Waals surface area (Å²) in [5.41, 5.74) is 3.32. The lowest BCUT2D eigenvalue weighted by Crippen LogP contribution is -2.47. The van der Waals surface area contributed by atoms with E-state index < -0.39 is 0 Å². The highest BCUT2D eigenvalue weighted by atomic mass is 35.5. The first-order chi connectivity index (χ1) is 16.5. The van der Waals surface area contributed by atoms with Crippen molar-refractivity contribution in [1.29, 1.82) is 0 Å². The Hall–Kier alpha value is -3.61. The molecule has 0 spiro atoms. The molecule has 0 atom stereocenters. The molecule has 0 saturated heterocycles. The molecule has 172 valence electrons. The Labute approximate surface area is 203 Å². The molecule has 0 saturated carbocycles. The molecule has 1 aliphatic heterocycles. The van der Waals surface area contributed by atoms with Gasteiger partial charge in [-0.05, 0) is 61.9 Å². The summed E-state index contributed by atoms with van der Waals surface area (Å²) in [4.78, 5) is 22.2. The zero-order chi connectivity index (χ0) is 23.7. The lowest BCUT2D eigenvalue weighted by atomic mass is 10.2. The first kappa shape index (κ1) is 22.2. The van der Waals surface area contributed by atoms with Gasteiger partial charge in [0.15, 0.2) is 0 Å². The fourth-order valence-electron chi connectivity index (χ4n) is 4.07. The molecular weight excluding hydrogens is 448 g/mol. The number of hydrogen-bond acceptors (Lipinski definition) is 5. The third kappa shape index (κ3) is 4.42. The number of aryl methyl sites for hydroxylation is 1. The van der Waals surface area contributed by atoms with E-state index in [0.29, 0.717) is 36.4 Å². The van der Waals surface area contributed by atoms with Gasteiger partial charge in [-0.2, -0.15) is 0 Å². The zero-order valence-electron chi connectivity index (χ0n) is 19.1. The normalized spacial score (nSPS) is 13.6. The van der Waals surface area contributed by atoms with Crippen molar-refractivity contribution >= 4 is 23.2 Å². The van der Waals surface area contributed by atoms with E-state index in [-0.39, 0.29) is 5.56 Å². The van der Waals surface area contributed by atoms with E-state index in [1.165, 1.54) is 0 Å². The number of ether oxygens (including phenoxy) is 1. The second-order valence-electron chi connectivity index (χ2n) is 8.40. The summed E-state index contributed by atoms with van der Waals surface area (Å²) in [6.45, 7) is 5.33. The lowest BCUT2D eigenvalue weighted by molar-refractivity contribution is 0.190. The number of anilines is 2. The van der Waals surface area contributed by atoms with Gasteiger partial charge in [-0.3, -0.25) is 19.2 Å². The predicted molar refractivity (Wildman–Crippen MR) is 135 cm³/mol. The van der Waals surface area contributed by atoms with E-state index >= 15 is 0 Å². The van der Waals surface area contributed by atoms with Gasteiger partial charge < -0.3 is 4.74 Å². The number of fused-ring (bicyclic) bond motifs is 1. The van der Waals surface area contributed by atoms with E-state index in [0.717, 1.165) is 28.4 Å². The van der Waals surface area contributed by atoms with E-state index in [1.54, 1.807) is 4.57 Å². The van der Waals surface area contributed by atoms with Gasteiger partial charge in [0.2, 0.25) is 5.95 Å². The Morgan fingerprint density at radius 1 is 0.882 bits per heavy atom. The standard InChI is InChI=1S/C27H25ClN4O2/c1-19-20(2)29-27-31(22-12-14-24(15-13-22)34-23-9-4-3-5-10-23)17-30(18-32(27)26(19)33)16-21-8-6-7-11-25(21)28/h3-15H,16-18H2,1-2H3. The van der Waals surface area contributed by atoms with Crippen LogP contribution >= 0.6 is 11.6 Å². The predicted octanol–water partition coefficient (Wildman–Crippen LogP) is 5.87. The molecule has 0 aliphatic carbocycles. The highest BCUT2D eigenvalue weighted by Crippen LogP contribution is 2.31. The molecule has 0 unspecified atom stereocenters. The van der Waals surface area contributed by atoms with Crippen LogP contribution in [0.3, 0.4) is 0 Å². The molecule has 0 N–H and O–H groups in total. The smallest absolute Gasteiger partial charge is 0.259 e. The van der Waals surface area contributed by atoms with Crippen LogP contribution in [-0.2, 0) is 13.2 Å². The van der Waals surface area contributed by atoms with Crippen LogP contribution < -0.4 is 15.2 Å². The van der Waals surface area contributed by atoms with Crippen LogP contribution in [0.15, 0.2) is 83.7 Å². The Morgan fingerprint density at radius 2 is 1.56 bits per heavy atom. The zero-order valence-corrected chi connectivity index (χ0v) is 19.9. The molecule has 0 fully saturated rings. The van der Waals surface area contributed by atoms with E-state index in [4.69, 9.17) is 21.3 Å². The quantitative estimate of drug-likeness (QED) is 0.363. The number of rotatable bonds is 5. The van der Waals surface area contributed by atoms with E-state index in [9.17, 15) is 4.79 Å². The van der Waals surface area contributed by atoms with E-state index in [2.05, 4.69) is 9.80 Å². The molecule has 0 radical (unpaired) electrons. The number of nitrogens with zero attached hydrogens (tertiary/aromatic N) is 4. The van der Waals surface area contributed by atoms with E-state index in [1.807, 2.05) is 92.7 Å². The van der Waals surface area contributed by atoms with Gasteiger partial charge >= 0.3 is 0 Å². The SMILES string of the molecule is Cc1nc2n(c(=O)c1C)CN(Cc1ccccc1Cl)CN2c1ccc(Oc2ccccc2)cc1. The van der Waals surface area contributed by atoms with Gasteiger partial charge in [0.25, 0.3) is 5.56 Å². The number of para-hydroxylation sites is 1. The minimum atomic E-state index is -0.0274. The van der Waals surface area contributed by atoms with Crippen molar-refractivity contribution in [1.82, 2.24) is 14.5 Å². The molecule has 5 rings (SSSR count). The molecule has 1 aliphatic rings. The van der Waals surface area contributed by atoms with Crippen LogP contribution in [0.25, 0.3) is 0 Å². The van der Waals surface area contributed by atoms with Crippen molar-refractivity contribution < 1.29 is 4.74 Å². The largest absolute Gasteiger partial charge is 0.457 e. The van der Waals surface area contributed by atoms with Crippen LogP contribution in [0.5, 0.6) is 11.5 Å². The third-order valence-electron chi connectivity index (χ3n) is 6.02. The van der Waals surface area contributed by atoms with Crippen molar-refractivity contribution in [2.45, 2.75) is 27.1 Å². The maximum Gasteiger partial charge on any atom is 0.259 e. The molecule has 3 aromatic carbocycles. The lowest BCUT2D eigenvalue weighted by Gasteiger charge is -2.38. The molecule has 7 heteroatoms. The molecular formula is C27H25ClN4O2. The van der Waals surface area contributed by atoms with Gasteiger partial charge in [0.1, 0.15) is 11.5 Å². The Balaban J connectivity index is 1.49. The maximum absolute atomic E-state index is 13.2. The van der Waals surface area contributed by atoms with Gasteiger partial charge in [-0.25, -0.2) is 4.98 Å². The number of hydrogen-bond donors (Lipinski definition) is 0. The monoisotopic (exact) mass is 472 g/mol. The highest BCUT2D eigenvalue weighted by molar-refractivity contribution is 6.31. The number of halogens is 1. The molecule has 0 bridgehead atoms. The molecule has 4 aromatic rings. The van der Waals surface area contributed by atoms with Crippen molar-refractivity contribution in [3.05, 3.63) is 111 Å². The third-order valence-corrected chi connectivity index (χ3v) is 6.39. The molecule has 1 aromatic heterocycles. The Kier molecular flexibility index (Phi) is 6.09. The summed E-state index contributed by atoms with van der Waals surface area (Å²) in [6.07, 6.45) is 0. The first-order valence-electron chi connectivity index (χ1n) is 11.1. The maximum atomic E-state index is 13.2. The summed E-state index contributed by atoms with van der Waals surface area (Å²) in [5.74, 6) is 2.16. The Bertz CT molecular complexity index is 1370. The molecule has 0 amide bonds. The van der Waals surface area contributed by atoms with Crippen LogP contribution in [0.1, 0.15) is 16.8 Å². The fourth-order valence-corrected chi connectivity index (χ4v) is 4.26. The average molecular weight is 473 g/mol. The van der Waals surface area contributed by atoms with Crippen molar-refractivity contribution in [2.75, 3.05) is 11.6 Å². The minimum absolute atomic E-state index is 0.0274. The summed E-state index contributed by atoms with van der Waals surface area (Å²) in [7, 11) is 0. The molecule has 6 nitrogen and oxygen atoms in total. The number of benzene rings is 3. The fraction of sp³-hybridized carbons (Fsp3) is 0.185. The summed E-state index contributed by atoms with van der Waals surface area (Å²) in [6, 6.07) is 25.3. The Morgan fingerprint density at radius 3 is 2.29 bits per heavy atom. The minimum Gasteiger partial charge on any atom is -0.457 e. The topological polar surface area (TPSA) is 50.6 Å². The summed E-state index contributed by atoms with van der Waals surface area (Å²) < 4.78 is 7.68. The van der Waals surface area contributed by atoms with Crippen molar-refractivity contribution in [2.24, 2.45) is 0 Å². The first-order valence-corrected chi connectivity index (χ1v) is 11.5. The van der Waals surface area contributed by atoms with Crippen LogP contribution in [0.2, 0.25) is 5.02 Å². The van der Waals surface area contributed by atoms with Gasteiger partial charge in [-0.1, -0.05) is 48.0 Å².